The molecule has 0 radical (unpaired) electrons. The first-order chi connectivity index (χ1) is 14.8. The molecule has 1 aliphatic rings. The zero-order valence-corrected chi connectivity index (χ0v) is 16.7. The van der Waals surface area contributed by atoms with E-state index in [2.05, 4.69) is 22.3 Å². The number of aromatic nitrogens is 3. The van der Waals surface area contributed by atoms with Crippen LogP contribution in [0.15, 0.2) is 66.7 Å². The van der Waals surface area contributed by atoms with Crippen molar-refractivity contribution in [2.45, 2.75) is 19.3 Å². The van der Waals surface area contributed by atoms with Crippen LogP contribution >= 0.6 is 0 Å². The van der Waals surface area contributed by atoms with E-state index in [1.165, 1.54) is 6.42 Å². The zero-order valence-electron chi connectivity index (χ0n) is 16.7. The van der Waals surface area contributed by atoms with Crippen LogP contribution in [0.25, 0.3) is 22.0 Å². The van der Waals surface area contributed by atoms with Crippen molar-refractivity contribution in [1.29, 1.82) is 0 Å². The van der Waals surface area contributed by atoms with Crippen LogP contribution in [0.3, 0.4) is 0 Å². The third-order valence-corrected chi connectivity index (χ3v) is 5.86. The van der Waals surface area contributed by atoms with E-state index in [0.717, 1.165) is 40.8 Å². The van der Waals surface area contributed by atoms with Crippen molar-refractivity contribution in [1.82, 2.24) is 15.2 Å². The fourth-order valence-electron chi connectivity index (χ4n) is 4.22. The van der Waals surface area contributed by atoms with Gasteiger partial charge in [0.1, 0.15) is 0 Å². The Bertz CT molecular complexity index is 1230. The topological polar surface area (TPSA) is 50.8 Å². The molecule has 2 heterocycles. The summed E-state index contributed by atoms with van der Waals surface area (Å²) in [6.07, 6.45) is 3.37. The Hall–Kier alpha value is -3.47. The molecule has 5 heteroatoms. The molecule has 1 fully saturated rings. The zero-order chi connectivity index (χ0) is 20.5. The van der Waals surface area contributed by atoms with E-state index in [-0.39, 0.29) is 0 Å². The fraction of sp³-hybridized carbons (Fsp3) is 0.200. The third-order valence-electron chi connectivity index (χ3n) is 5.86. The summed E-state index contributed by atoms with van der Waals surface area (Å²) in [5.74, 6) is 0.523. The van der Waals surface area contributed by atoms with Gasteiger partial charge in [-0.05, 0) is 53.2 Å². The van der Waals surface area contributed by atoms with Gasteiger partial charge in [0.25, 0.3) is 0 Å². The van der Waals surface area contributed by atoms with Crippen LogP contribution in [-0.4, -0.2) is 22.3 Å². The Morgan fingerprint density at radius 2 is 1.80 bits per heavy atom. The van der Waals surface area contributed by atoms with E-state index in [0.29, 0.717) is 22.7 Å². The summed E-state index contributed by atoms with van der Waals surface area (Å²) in [4.78, 5) is 4.76. The predicted octanol–water partition coefficient (Wildman–Crippen LogP) is 5.86. The van der Waals surface area contributed by atoms with E-state index in [4.69, 9.17) is 9.72 Å². The highest BCUT2D eigenvalue weighted by Crippen LogP contribution is 2.45. The number of halogens is 1. The number of ether oxygens (including phenoxy) is 1. The fourth-order valence-corrected chi connectivity index (χ4v) is 4.22. The minimum Gasteiger partial charge on any atom is -0.481 e. The van der Waals surface area contributed by atoms with Gasteiger partial charge >= 0.3 is 0 Å². The molecule has 30 heavy (non-hydrogen) atoms. The molecule has 1 aliphatic carbocycles. The Balaban J connectivity index is 1.87. The van der Waals surface area contributed by atoms with Crippen molar-refractivity contribution in [3.8, 4) is 5.88 Å². The molecule has 0 unspecified atom stereocenters. The standard InChI is InChI=1S/C25H22FN3O/c1-30-21-15-7-13-19(27-21)23(17-10-5-11-17)22(16-8-3-2-4-9-16)18-12-6-14-20-24(18)25(26)29-28-20/h2-4,6-9,12-15,17H,5,10-11H2,1H3,(H,28,29)/b23-22+. The number of allylic oxidation sites excluding steroid dienone is 1. The lowest BCUT2D eigenvalue weighted by Gasteiger charge is -2.31. The van der Waals surface area contributed by atoms with Crippen LogP contribution < -0.4 is 4.74 Å². The lowest BCUT2D eigenvalue weighted by molar-refractivity contribution is 0.391. The van der Waals surface area contributed by atoms with Crippen LogP contribution in [0, 0.1) is 11.9 Å². The van der Waals surface area contributed by atoms with Gasteiger partial charge in [0, 0.05) is 6.07 Å². The molecule has 150 valence electrons. The number of nitrogens with one attached hydrogen (secondary N) is 1. The lowest BCUT2D eigenvalue weighted by atomic mass is 9.74. The first-order valence-electron chi connectivity index (χ1n) is 10.2. The highest BCUT2D eigenvalue weighted by Gasteiger charge is 2.29. The minimum absolute atomic E-state index is 0.366. The molecule has 4 nitrogen and oxygen atoms in total. The highest BCUT2D eigenvalue weighted by molar-refractivity contribution is 6.05. The Kier molecular flexibility index (Phi) is 4.79. The lowest BCUT2D eigenvalue weighted by Crippen LogP contribution is -2.16. The van der Waals surface area contributed by atoms with Crippen LogP contribution in [0.2, 0.25) is 0 Å². The number of aromatic amines is 1. The molecule has 1 N–H and O–H groups in total. The summed E-state index contributed by atoms with van der Waals surface area (Å²) in [5, 5.41) is 7.15. The molecule has 5 rings (SSSR count). The number of hydrogen-bond donors (Lipinski definition) is 1. The van der Waals surface area contributed by atoms with Gasteiger partial charge in [0.05, 0.1) is 23.7 Å². The number of fused-ring (bicyclic) bond motifs is 1. The Morgan fingerprint density at radius 1 is 1.00 bits per heavy atom. The second kappa shape index (κ2) is 7.75. The van der Waals surface area contributed by atoms with Gasteiger partial charge in [0.15, 0.2) is 0 Å². The van der Waals surface area contributed by atoms with Crippen molar-refractivity contribution in [3.63, 3.8) is 0 Å². The molecule has 1 saturated carbocycles. The summed E-state index contributed by atoms with van der Waals surface area (Å²) in [6.45, 7) is 0. The average molecular weight is 399 g/mol. The van der Waals surface area contributed by atoms with E-state index in [1.54, 1.807) is 7.11 Å². The van der Waals surface area contributed by atoms with Gasteiger partial charge in [-0.25, -0.2) is 4.98 Å². The van der Waals surface area contributed by atoms with Crippen LogP contribution in [0.4, 0.5) is 4.39 Å². The second-order valence-corrected chi connectivity index (χ2v) is 7.59. The molecule has 0 atom stereocenters. The molecule has 2 aromatic heterocycles. The molecule has 4 aromatic rings. The molecular formula is C25H22FN3O. The number of nitrogens with zero attached hydrogens (tertiary/aromatic N) is 2. The molecular weight excluding hydrogens is 377 g/mol. The van der Waals surface area contributed by atoms with Crippen molar-refractivity contribution >= 4 is 22.0 Å². The maximum absolute atomic E-state index is 14.8. The van der Waals surface area contributed by atoms with Gasteiger partial charge < -0.3 is 4.74 Å². The van der Waals surface area contributed by atoms with Gasteiger partial charge in [-0.1, -0.05) is 55.0 Å². The first-order valence-corrected chi connectivity index (χ1v) is 10.2. The van der Waals surface area contributed by atoms with Crippen LogP contribution in [-0.2, 0) is 0 Å². The summed E-state index contributed by atoms with van der Waals surface area (Å²) in [6, 6.07) is 21.7. The van der Waals surface area contributed by atoms with E-state index >= 15 is 0 Å². The monoisotopic (exact) mass is 399 g/mol. The van der Waals surface area contributed by atoms with Gasteiger partial charge in [0.2, 0.25) is 11.8 Å². The van der Waals surface area contributed by atoms with Gasteiger partial charge in [-0.2, -0.15) is 9.49 Å². The predicted molar refractivity (Wildman–Crippen MR) is 117 cm³/mol. The van der Waals surface area contributed by atoms with Crippen LogP contribution in [0.1, 0.15) is 36.1 Å². The second-order valence-electron chi connectivity index (χ2n) is 7.59. The van der Waals surface area contributed by atoms with Crippen molar-refractivity contribution in [2.24, 2.45) is 5.92 Å². The number of rotatable bonds is 5. The Labute approximate surface area is 174 Å². The maximum Gasteiger partial charge on any atom is 0.217 e. The van der Waals surface area contributed by atoms with E-state index < -0.39 is 5.95 Å². The molecule has 0 bridgehead atoms. The van der Waals surface area contributed by atoms with Crippen molar-refractivity contribution in [3.05, 3.63) is 89.5 Å². The SMILES string of the molecule is COc1cccc(/C(=C(\c2ccccc2)c2cccc3n[nH]c(F)c23)C2CCC2)n1. The van der Waals surface area contributed by atoms with Crippen molar-refractivity contribution < 1.29 is 9.13 Å². The van der Waals surface area contributed by atoms with Crippen LogP contribution in [0.5, 0.6) is 5.88 Å². The molecule has 0 saturated heterocycles. The van der Waals surface area contributed by atoms with Gasteiger partial charge in [-0.15, -0.1) is 0 Å². The number of methoxy groups -OCH3 is 1. The maximum atomic E-state index is 14.8. The largest absolute Gasteiger partial charge is 0.481 e. The highest BCUT2D eigenvalue weighted by atomic mass is 19.1. The van der Waals surface area contributed by atoms with E-state index in [9.17, 15) is 4.39 Å². The summed E-state index contributed by atoms with van der Waals surface area (Å²) >= 11 is 0. The van der Waals surface area contributed by atoms with Crippen molar-refractivity contribution in [2.75, 3.05) is 7.11 Å². The summed E-state index contributed by atoms with van der Waals surface area (Å²) < 4.78 is 20.2. The number of pyridine rings is 1. The Morgan fingerprint density at radius 3 is 2.53 bits per heavy atom. The summed E-state index contributed by atoms with van der Waals surface area (Å²) in [7, 11) is 1.62. The average Bonchev–Trinajstić information content (AvgIpc) is 3.14. The van der Waals surface area contributed by atoms with E-state index in [1.807, 2.05) is 54.6 Å². The summed E-state index contributed by atoms with van der Waals surface area (Å²) in [5.41, 5.74) is 5.50. The molecule has 0 aliphatic heterocycles. The normalized spacial score (nSPS) is 15.0. The number of benzene rings is 2. The quantitative estimate of drug-likeness (QED) is 0.457. The van der Waals surface area contributed by atoms with Gasteiger partial charge in [-0.3, -0.25) is 5.10 Å². The first kappa shape index (κ1) is 18.6. The molecule has 0 spiro atoms. The minimum atomic E-state index is -0.416. The molecule has 2 aromatic carbocycles. The number of hydrogen-bond acceptors (Lipinski definition) is 3. The third kappa shape index (κ3) is 3.16. The molecule has 0 amide bonds. The smallest absolute Gasteiger partial charge is 0.217 e. The number of H-pyrrole nitrogens is 1.